The maximum Gasteiger partial charge on any atom is 0.136 e. The molecule has 1 N–H and O–H groups in total. The van der Waals surface area contributed by atoms with Gasteiger partial charge in [-0.1, -0.05) is 6.92 Å². The number of rotatable bonds is 2. The molecule has 0 fully saturated rings. The van der Waals surface area contributed by atoms with Crippen molar-refractivity contribution < 1.29 is 0 Å². The first-order valence-electron chi connectivity index (χ1n) is 1.91. The Labute approximate surface area is 33.4 Å². The normalized spacial score (nSPS) is 8.20. The van der Waals surface area contributed by atoms with Crippen LogP contribution in [-0.2, 0) is 0 Å². The van der Waals surface area contributed by atoms with Crippen LogP contribution in [0.2, 0.25) is 0 Å². The molecule has 0 aliphatic rings. The predicted molar refractivity (Wildman–Crippen MR) is 23.9 cm³/mol. The van der Waals surface area contributed by atoms with Gasteiger partial charge in [0.05, 0.1) is 6.92 Å². The molecule has 0 aromatic rings. The van der Waals surface area contributed by atoms with E-state index in [1.54, 1.807) is 0 Å². The lowest BCUT2D eigenvalue weighted by molar-refractivity contribution is 0.798. The Morgan fingerprint density at radius 1 is 1.80 bits per heavy atom. The van der Waals surface area contributed by atoms with Gasteiger partial charge in [0, 0.05) is 0 Å². The second-order valence-electron chi connectivity index (χ2n) is 0.854. The van der Waals surface area contributed by atoms with Crippen molar-refractivity contribution in [3.8, 4) is 0 Å². The van der Waals surface area contributed by atoms with Crippen molar-refractivity contribution >= 4 is 0 Å². The van der Waals surface area contributed by atoms with Crippen molar-refractivity contribution in [3.63, 3.8) is 0 Å². The summed E-state index contributed by atoms with van der Waals surface area (Å²) < 4.78 is 0. The molecule has 30 valence electrons. The van der Waals surface area contributed by atoms with E-state index in [9.17, 15) is 0 Å². The average Bonchev–Trinajstić information content (AvgIpc) is 1.41. The van der Waals surface area contributed by atoms with Gasteiger partial charge in [0.1, 0.15) is 6.54 Å². The highest BCUT2D eigenvalue weighted by atomic mass is 14.8. The van der Waals surface area contributed by atoms with Crippen LogP contribution in [0, 0.1) is 6.92 Å². The zero-order chi connectivity index (χ0) is 4.12. The van der Waals surface area contributed by atoms with Crippen LogP contribution in [0.25, 0.3) is 0 Å². The third kappa shape index (κ3) is 3.83. The lowest BCUT2D eigenvalue weighted by atomic mass is 10.7. The van der Waals surface area contributed by atoms with Crippen LogP contribution in [0.3, 0.4) is 0 Å². The largest absolute Gasteiger partial charge is 0.280 e. The van der Waals surface area contributed by atoms with Gasteiger partial charge in [0.2, 0.25) is 0 Å². The first-order valence-corrected chi connectivity index (χ1v) is 1.91. The van der Waals surface area contributed by atoms with E-state index in [0.29, 0.717) is 0 Å². The van der Waals surface area contributed by atoms with Gasteiger partial charge in [0.25, 0.3) is 0 Å². The summed E-state index contributed by atoms with van der Waals surface area (Å²) in [4.78, 5) is 0. The van der Waals surface area contributed by atoms with Crippen molar-refractivity contribution in [3.05, 3.63) is 6.92 Å². The summed E-state index contributed by atoms with van der Waals surface area (Å²) in [5, 5.41) is 3.00. The molecule has 0 aliphatic heterocycles. The van der Waals surface area contributed by atoms with Crippen LogP contribution < -0.4 is 5.32 Å². The second-order valence-corrected chi connectivity index (χ2v) is 0.854. The molecular weight excluding hydrogens is 62.1 g/mol. The summed E-state index contributed by atoms with van der Waals surface area (Å²) in [5.74, 6) is 0. The molecule has 0 bridgehead atoms. The Bertz CT molecular complexity index is 11.1. The zero-order valence-electron chi connectivity index (χ0n) is 3.62. The molecule has 0 saturated heterocycles. The fraction of sp³-hybridized carbons (Fsp3) is 0.750. The molecule has 1 heteroatoms. The van der Waals surface area contributed by atoms with E-state index >= 15 is 0 Å². The monoisotopic (exact) mass is 72.1 g/mol. The van der Waals surface area contributed by atoms with Crippen LogP contribution in [0.15, 0.2) is 0 Å². The lowest BCUT2D eigenvalue weighted by Crippen LogP contribution is -2.10. The number of hydrogen-bond acceptors (Lipinski definition) is 1. The fourth-order valence-electron chi connectivity index (χ4n) is 0.177. The SMILES string of the molecule is [CH2+]CNCC. The fourth-order valence-corrected chi connectivity index (χ4v) is 0.177. The molecule has 0 aliphatic carbocycles. The molecule has 0 amide bonds. The summed E-state index contributed by atoms with van der Waals surface area (Å²) in [7, 11) is 0. The standard InChI is InChI=1S/C4H10N/c1-3-5-4-2/h5H,1,3-4H2,2H3/q+1. The minimum atomic E-state index is 0.844. The third-order valence-corrected chi connectivity index (χ3v) is 0.427. The Morgan fingerprint density at radius 3 is 2.40 bits per heavy atom. The van der Waals surface area contributed by atoms with Crippen LogP contribution in [0.5, 0.6) is 0 Å². The summed E-state index contributed by atoms with van der Waals surface area (Å²) in [6.07, 6.45) is 0. The van der Waals surface area contributed by atoms with Crippen LogP contribution in [-0.4, -0.2) is 13.1 Å². The Kier molecular flexibility index (Phi) is 3.70. The van der Waals surface area contributed by atoms with Gasteiger partial charge in [-0.2, -0.15) is 0 Å². The van der Waals surface area contributed by atoms with Crippen molar-refractivity contribution in [1.29, 1.82) is 0 Å². The quantitative estimate of drug-likeness (QED) is 0.466. The molecule has 0 atom stereocenters. The van der Waals surface area contributed by atoms with E-state index in [-0.39, 0.29) is 0 Å². The number of hydrogen-bond donors (Lipinski definition) is 1. The molecule has 0 aromatic carbocycles. The molecule has 0 heterocycles. The Balaban J connectivity index is 2.19. The van der Waals surface area contributed by atoms with Crippen LogP contribution in [0.1, 0.15) is 6.92 Å². The summed E-state index contributed by atoms with van der Waals surface area (Å²) in [6.45, 7) is 7.50. The first kappa shape index (κ1) is 4.83. The molecule has 0 aromatic heterocycles. The van der Waals surface area contributed by atoms with Gasteiger partial charge in [-0.3, -0.25) is 5.32 Å². The van der Waals surface area contributed by atoms with Crippen molar-refractivity contribution in [2.24, 2.45) is 0 Å². The summed E-state index contributed by atoms with van der Waals surface area (Å²) in [5.41, 5.74) is 0. The van der Waals surface area contributed by atoms with E-state index in [4.69, 9.17) is 0 Å². The Morgan fingerprint density at radius 2 is 2.40 bits per heavy atom. The van der Waals surface area contributed by atoms with E-state index in [2.05, 4.69) is 19.2 Å². The van der Waals surface area contributed by atoms with Gasteiger partial charge >= 0.3 is 0 Å². The summed E-state index contributed by atoms with van der Waals surface area (Å²) in [6, 6.07) is 0. The smallest absolute Gasteiger partial charge is 0.136 e. The predicted octanol–water partition coefficient (Wildman–Crippen LogP) is 0.430. The lowest BCUT2D eigenvalue weighted by Gasteiger charge is -1.80. The van der Waals surface area contributed by atoms with Crippen molar-refractivity contribution in [2.45, 2.75) is 6.92 Å². The molecule has 1 nitrogen and oxygen atoms in total. The van der Waals surface area contributed by atoms with E-state index in [0.717, 1.165) is 13.1 Å². The van der Waals surface area contributed by atoms with Gasteiger partial charge in [-0.15, -0.1) is 0 Å². The van der Waals surface area contributed by atoms with Crippen molar-refractivity contribution in [1.82, 2.24) is 5.32 Å². The highest BCUT2D eigenvalue weighted by Crippen LogP contribution is 1.46. The number of nitrogens with one attached hydrogen (secondary N) is 1. The second kappa shape index (κ2) is 3.83. The molecular formula is C4H10N+. The molecule has 0 rings (SSSR count). The maximum atomic E-state index is 3.56. The minimum absolute atomic E-state index is 0.844. The third-order valence-electron chi connectivity index (χ3n) is 0.427. The van der Waals surface area contributed by atoms with Gasteiger partial charge in [-0.25, -0.2) is 0 Å². The van der Waals surface area contributed by atoms with Gasteiger partial charge < -0.3 is 0 Å². The van der Waals surface area contributed by atoms with E-state index in [1.165, 1.54) is 0 Å². The van der Waals surface area contributed by atoms with Gasteiger partial charge in [0.15, 0.2) is 0 Å². The zero-order valence-corrected chi connectivity index (χ0v) is 3.62. The Hall–Kier alpha value is -0.170. The van der Waals surface area contributed by atoms with Crippen LogP contribution >= 0.6 is 0 Å². The first-order chi connectivity index (χ1) is 2.41. The van der Waals surface area contributed by atoms with E-state index in [1.807, 2.05) is 0 Å². The van der Waals surface area contributed by atoms with Crippen molar-refractivity contribution in [2.75, 3.05) is 13.1 Å². The maximum absolute atomic E-state index is 3.56. The van der Waals surface area contributed by atoms with Crippen LogP contribution in [0.4, 0.5) is 0 Å². The van der Waals surface area contributed by atoms with Gasteiger partial charge in [-0.05, 0) is 6.54 Å². The topological polar surface area (TPSA) is 12.0 Å². The molecule has 0 spiro atoms. The summed E-state index contributed by atoms with van der Waals surface area (Å²) >= 11 is 0. The molecule has 5 heavy (non-hydrogen) atoms. The average molecular weight is 72.1 g/mol. The molecule has 0 saturated carbocycles. The molecule has 0 unspecified atom stereocenters. The molecule has 0 radical (unpaired) electrons. The van der Waals surface area contributed by atoms with E-state index < -0.39 is 0 Å². The minimum Gasteiger partial charge on any atom is -0.280 e. The highest BCUT2D eigenvalue weighted by molar-refractivity contribution is 4.39. The highest BCUT2D eigenvalue weighted by Gasteiger charge is 1.69.